The van der Waals surface area contributed by atoms with Crippen molar-refractivity contribution in [1.29, 1.82) is 0 Å². The van der Waals surface area contributed by atoms with Crippen LogP contribution in [0.2, 0.25) is 0 Å². The molecule has 2 N–H and O–H groups in total. The van der Waals surface area contributed by atoms with Gasteiger partial charge in [-0.05, 0) is 47.8 Å². The summed E-state index contributed by atoms with van der Waals surface area (Å²) in [6.07, 6.45) is -12.7. The second-order valence-electron chi connectivity index (χ2n) is 6.31. The normalized spacial score (nSPS) is 50.9. The van der Waals surface area contributed by atoms with Crippen LogP contribution in [0, 0.1) is 17.7 Å². The van der Waals surface area contributed by atoms with E-state index in [0.29, 0.717) is 6.92 Å². The zero-order chi connectivity index (χ0) is 43.7. The molecule has 5 atom stereocenters. The van der Waals surface area contributed by atoms with Crippen LogP contribution in [-0.2, 0) is 16.0 Å². The molecule has 0 amide bonds. The molecule has 0 bridgehead atoms. The second kappa shape index (κ2) is 9.56. The van der Waals surface area contributed by atoms with E-state index in [1.165, 1.54) is 0 Å². The highest BCUT2D eigenvalue weighted by atomic mass is 16.5. The molecule has 2 heterocycles. The molecule has 4 unspecified atom stereocenters. The highest BCUT2D eigenvalue weighted by Gasteiger charge is 2.41. The van der Waals surface area contributed by atoms with Gasteiger partial charge in [0.25, 0.3) is 0 Å². The highest BCUT2D eigenvalue weighted by Crippen LogP contribution is 2.44. The Hall–Kier alpha value is -1.79. The molecule has 0 aliphatic carbocycles. The average molecular weight is 444 g/mol. The van der Waals surface area contributed by atoms with Gasteiger partial charge in [-0.1, -0.05) is 27.5 Å². The number of carbonyl (C=O) groups is 1. The van der Waals surface area contributed by atoms with Crippen LogP contribution in [0.15, 0.2) is 12.1 Å². The van der Waals surface area contributed by atoms with E-state index in [-0.39, 0.29) is 4.90 Å². The molecule has 0 aromatic heterocycles. The molecule has 168 valence electrons. The molecule has 2 aliphatic rings. The number of benzene rings is 1. The SMILES string of the molecule is [2H]c1c2c(c([2H])c(OC)c1OC([2H])([2H])[2H])C1([2H])N(CC2)C([2H])([2H])C([2H])(C([2H])([2H])C([2H])(C)C([2H])([2H])[2H])C(OC(=O)[C@@]([2H])(N)C([2H])(C([2H])([2H])[2H])C([2H])([2H])[2H])C1([2H])[2H]. The van der Waals surface area contributed by atoms with Crippen LogP contribution in [0.4, 0.5) is 0 Å². The minimum Gasteiger partial charge on any atom is -0.493 e. The van der Waals surface area contributed by atoms with E-state index in [4.69, 9.17) is 46.0 Å². The molecule has 1 aromatic carbocycles. The summed E-state index contributed by atoms with van der Waals surface area (Å²) in [5.41, 5.74) is 4.04. The van der Waals surface area contributed by atoms with Crippen molar-refractivity contribution in [1.82, 2.24) is 4.90 Å². The molecule has 6 heteroatoms. The highest BCUT2D eigenvalue weighted by molar-refractivity contribution is 5.76. The lowest BCUT2D eigenvalue weighted by Crippen LogP contribution is -2.51. The largest absolute Gasteiger partial charge is 0.493 e. The monoisotopic (exact) mass is 443 g/mol. The van der Waals surface area contributed by atoms with Gasteiger partial charge in [0, 0.05) is 56.0 Å². The summed E-state index contributed by atoms with van der Waals surface area (Å²) in [7, 11) is -2.42. The smallest absolute Gasteiger partial charge is 0.323 e. The first-order valence-corrected chi connectivity index (χ1v) is 8.65. The Morgan fingerprint density at radius 2 is 2.27 bits per heavy atom. The first-order chi connectivity index (χ1) is 24.0. The lowest BCUT2D eigenvalue weighted by atomic mass is 9.79. The Bertz CT molecular complexity index is 1680. The molecule has 0 spiro atoms. The first-order valence-electron chi connectivity index (χ1n) is 21.1. The van der Waals surface area contributed by atoms with Crippen molar-refractivity contribution >= 4 is 5.97 Å². The molecule has 2 aliphatic heterocycles. The van der Waals surface area contributed by atoms with Gasteiger partial charge in [0.2, 0.25) is 0 Å². The quantitative estimate of drug-likeness (QED) is 0.650. The summed E-state index contributed by atoms with van der Waals surface area (Å²) >= 11 is 0. The molecule has 30 heavy (non-hydrogen) atoms. The summed E-state index contributed by atoms with van der Waals surface area (Å²) in [5.74, 6) is -16.8. The lowest BCUT2D eigenvalue weighted by molar-refractivity contribution is -0.160. The van der Waals surface area contributed by atoms with Gasteiger partial charge in [0.15, 0.2) is 11.5 Å². The zero-order valence-corrected chi connectivity index (χ0v) is 16.1. The van der Waals surface area contributed by atoms with Crippen LogP contribution in [0.3, 0.4) is 0 Å². The molecule has 0 radical (unpaired) electrons. The molecule has 1 fully saturated rings. The number of nitrogens with zero attached hydrogens (tertiary/aromatic N) is 1. The predicted molar refractivity (Wildman–Crippen MR) is 118 cm³/mol. The minimum absolute atomic E-state index is 0.129. The van der Waals surface area contributed by atoms with E-state index < -0.39 is 136 Å². The van der Waals surface area contributed by atoms with Gasteiger partial charge < -0.3 is 19.9 Å². The third kappa shape index (κ3) is 4.75. The van der Waals surface area contributed by atoms with Crippen molar-refractivity contribution < 1.29 is 53.3 Å². The van der Waals surface area contributed by atoms with Crippen molar-refractivity contribution in [2.45, 2.75) is 64.8 Å². The van der Waals surface area contributed by atoms with Crippen LogP contribution in [-0.4, -0.2) is 50.2 Å². The van der Waals surface area contributed by atoms with Crippen molar-refractivity contribution in [2.24, 2.45) is 23.4 Å². The summed E-state index contributed by atoms with van der Waals surface area (Å²) in [4.78, 5) is 14.0. The average Bonchev–Trinajstić information content (AvgIpc) is 2.97. The number of esters is 1. The third-order valence-corrected chi connectivity index (χ3v) is 4.23. The summed E-state index contributed by atoms with van der Waals surface area (Å²) in [5, 5.41) is 0. The Kier molecular flexibility index (Phi) is 2.18. The van der Waals surface area contributed by atoms with Gasteiger partial charge in [-0.3, -0.25) is 9.69 Å². The maximum Gasteiger partial charge on any atom is 0.323 e. The van der Waals surface area contributed by atoms with Crippen LogP contribution in [0.5, 0.6) is 11.5 Å². The van der Waals surface area contributed by atoms with Crippen LogP contribution >= 0.6 is 0 Å². The Labute approximate surface area is 216 Å². The fourth-order valence-electron chi connectivity index (χ4n) is 2.90. The van der Waals surface area contributed by atoms with E-state index in [1.807, 2.05) is 0 Å². The van der Waals surface area contributed by atoms with Gasteiger partial charge in [0.1, 0.15) is 12.1 Å². The van der Waals surface area contributed by atoms with Crippen molar-refractivity contribution in [3.8, 4) is 11.5 Å². The van der Waals surface area contributed by atoms with Crippen molar-refractivity contribution in [2.75, 3.05) is 27.2 Å². The molecule has 1 saturated heterocycles. The molecular formula is C24H38N2O4. The number of hydrogen-bond donors (Lipinski definition) is 1. The number of fused-ring (bicyclic) bond motifs is 3. The Morgan fingerprint density at radius 3 is 2.97 bits per heavy atom. The van der Waals surface area contributed by atoms with E-state index in [1.54, 1.807) is 0 Å². The zero-order valence-electron chi connectivity index (χ0n) is 41.1. The minimum atomic E-state index is -4.36. The Balaban J connectivity index is 2.60. The molecule has 1 aromatic rings. The summed E-state index contributed by atoms with van der Waals surface area (Å²) < 4.78 is 224. The van der Waals surface area contributed by atoms with Crippen LogP contribution in [0.25, 0.3) is 0 Å². The fourth-order valence-corrected chi connectivity index (χ4v) is 2.90. The van der Waals surface area contributed by atoms with Crippen LogP contribution < -0.4 is 15.2 Å². The first kappa shape index (κ1) is 6.85. The van der Waals surface area contributed by atoms with E-state index in [0.717, 1.165) is 7.11 Å². The van der Waals surface area contributed by atoms with Gasteiger partial charge in [-0.25, -0.2) is 0 Å². The number of carbonyl (C=O) groups excluding carboxylic acids is 1. The lowest BCUT2D eigenvalue weighted by Gasteiger charge is -2.47. The standard InChI is InChI=1S/C24H38N2O4/c1-14(2)9-17-13-26-8-7-16-10-21(28-5)22(29-6)11-18(16)19(26)12-20(17)30-24(27)23(25)15(3)4/h10-11,14-15,17,19-20,23H,7-9,12-13,25H2,1-6H3/t17?,19?,20?,23-/m0/s1/i1D3,3D3,4D3,5D3,9D2,10D,11D,12D2,13D2,14D,15D,17D,19D,23D/t14?,17?,19?,20?,23-. The Morgan fingerprint density at radius 1 is 1.47 bits per heavy atom. The summed E-state index contributed by atoms with van der Waals surface area (Å²) in [6.45, 7) is -16.8. The number of hydrogen-bond acceptors (Lipinski definition) is 6. The maximum absolute atomic E-state index is 13.9. The third-order valence-electron chi connectivity index (χ3n) is 4.23. The van der Waals surface area contributed by atoms with Crippen molar-refractivity contribution in [3.05, 3.63) is 23.2 Å². The fraction of sp³-hybridized carbons (Fsp3) is 0.708. The van der Waals surface area contributed by atoms with Gasteiger partial charge in [-0.15, -0.1) is 0 Å². The number of nitrogens with two attached hydrogens (primary N) is 1. The van der Waals surface area contributed by atoms with Gasteiger partial charge in [-0.2, -0.15) is 0 Å². The van der Waals surface area contributed by atoms with E-state index >= 15 is 0 Å². The molecular weight excluding hydrogens is 380 g/mol. The van der Waals surface area contributed by atoms with Gasteiger partial charge in [0.05, 0.1) is 23.7 Å². The van der Waals surface area contributed by atoms with Crippen molar-refractivity contribution in [3.63, 3.8) is 0 Å². The molecule has 0 saturated carbocycles. The van der Waals surface area contributed by atoms with E-state index in [2.05, 4.69) is 0 Å². The summed E-state index contributed by atoms with van der Waals surface area (Å²) in [6, 6.07) is -10.0. The van der Waals surface area contributed by atoms with Gasteiger partial charge >= 0.3 is 5.97 Å². The number of piperidine rings is 1. The van der Waals surface area contributed by atoms with Crippen LogP contribution in [0.1, 0.15) is 91.6 Å². The predicted octanol–water partition coefficient (Wildman–Crippen LogP) is 3.56. The maximum atomic E-state index is 13.9. The number of rotatable bonds is 7. The molecule has 6 nitrogen and oxygen atoms in total. The topological polar surface area (TPSA) is 74.0 Å². The number of methoxy groups -OCH3 is 2. The number of ether oxygens (including phenoxy) is 3. The van der Waals surface area contributed by atoms with E-state index in [9.17, 15) is 13.0 Å². The second-order valence-corrected chi connectivity index (χ2v) is 6.31. The molecule has 3 rings (SSSR count).